The molecule has 7 nitrogen and oxygen atoms in total. The van der Waals surface area contributed by atoms with E-state index in [0.717, 1.165) is 6.42 Å². The Bertz CT molecular complexity index is 662. The van der Waals surface area contributed by atoms with Crippen molar-refractivity contribution in [2.24, 2.45) is 5.73 Å². The molecule has 142 valence electrons. The van der Waals surface area contributed by atoms with Gasteiger partial charge in [-0.2, -0.15) is 0 Å². The standard InChI is InChI=1S/C16H25N3O4S.ClH/c1-13(20)14-6-8-15(9-7-14)24(22,23)19(2)12-3-5-16(21)18-11-4-10-17;/h6-9H,3-5,10-12,17H2,1-2H3,(H,18,21);1H. The lowest BCUT2D eigenvalue weighted by Gasteiger charge is -2.17. The molecular formula is C16H26ClN3O4S. The van der Waals surface area contributed by atoms with E-state index in [9.17, 15) is 18.0 Å². The lowest BCUT2D eigenvalue weighted by atomic mass is 10.2. The van der Waals surface area contributed by atoms with Gasteiger partial charge in [0.05, 0.1) is 4.90 Å². The minimum Gasteiger partial charge on any atom is -0.356 e. The van der Waals surface area contributed by atoms with E-state index in [-0.39, 0.29) is 42.0 Å². The molecule has 1 amide bonds. The predicted octanol–water partition coefficient (Wildman–Crippen LogP) is 1.18. The van der Waals surface area contributed by atoms with E-state index < -0.39 is 10.0 Å². The molecule has 1 aromatic carbocycles. The highest BCUT2D eigenvalue weighted by atomic mass is 35.5. The van der Waals surface area contributed by atoms with Crippen LogP contribution in [0.3, 0.4) is 0 Å². The van der Waals surface area contributed by atoms with Gasteiger partial charge in [-0.25, -0.2) is 12.7 Å². The molecule has 0 heterocycles. The summed E-state index contributed by atoms with van der Waals surface area (Å²) in [4.78, 5) is 22.9. The molecule has 0 atom stereocenters. The third-order valence-corrected chi connectivity index (χ3v) is 5.42. The normalized spacial score (nSPS) is 11.0. The van der Waals surface area contributed by atoms with E-state index in [0.29, 0.717) is 25.1 Å². The number of carbonyl (C=O) groups is 2. The topological polar surface area (TPSA) is 110 Å². The fraction of sp³-hybridized carbons (Fsp3) is 0.500. The zero-order chi connectivity index (χ0) is 18.2. The number of hydrogen-bond donors (Lipinski definition) is 2. The number of ketones is 1. The van der Waals surface area contributed by atoms with Crippen LogP contribution in [0.15, 0.2) is 29.2 Å². The molecule has 0 bridgehead atoms. The Balaban J connectivity index is 0.00000576. The summed E-state index contributed by atoms with van der Waals surface area (Å²) in [5.41, 5.74) is 5.80. The number of sulfonamides is 1. The average Bonchev–Trinajstić information content (AvgIpc) is 2.55. The highest BCUT2D eigenvalue weighted by Crippen LogP contribution is 2.16. The summed E-state index contributed by atoms with van der Waals surface area (Å²) in [5, 5.41) is 2.73. The molecule has 25 heavy (non-hydrogen) atoms. The summed E-state index contributed by atoms with van der Waals surface area (Å²) in [6.45, 7) is 2.71. The number of nitrogens with zero attached hydrogens (tertiary/aromatic N) is 1. The van der Waals surface area contributed by atoms with Gasteiger partial charge in [0.1, 0.15) is 0 Å². The van der Waals surface area contributed by atoms with Crippen LogP contribution in [0.25, 0.3) is 0 Å². The van der Waals surface area contributed by atoms with Crippen molar-refractivity contribution < 1.29 is 18.0 Å². The summed E-state index contributed by atoms with van der Waals surface area (Å²) in [6, 6.07) is 5.83. The van der Waals surface area contributed by atoms with Gasteiger partial charge >= 0.3 is 0 Å². The second kappa shape index (κ2) is 11.2. The van der Waals surface area contributed by atoms with Crippen LogP contribution in [-0.4, -0.2) is 51.1 Å². The number of Topliss-reactive ketones (excluding diaryl/α,β-unsaturated/α-hetero) is 1. The van der Waals surface area contributed by atoms with Gasteiger partial charge in [-0.3, -0.25) is 9.59 Å². The molecule has 0 aromatic heterocycles. The maximum Gasteiger partial charge on any atom is 0.242 e. The van der Waals surface area contributed by atoms with E-state index >= 15 is 0 Å². The zero-order valence-electron chi connectivity index (χ0n) is 14.5. The van der Waals surface area contributed by atoms with Crippen molar-refractivity contribution in [2.45, 2.75) is 31.1 Å². The average molecular weight is 392 g/mol. The number of hydrogen-bond acceptors (Lipinski definition) is 5. The molecule has 0 aliphatic carbocycles. The minimum absolute atomic E-state index is 0. The van der Waals surface area contributed by atoms with Crippen LogP contribution in [0.1, 0.15) is 36.5 Å². The first-order valence-electron chi connectivity index (χ1n) is 7.83. The summed E-state index contributed by atoms with van der Waals surface area (Å²) in [6.07, 6.45) is 1.40. The van der Waals surface area contributed by atoms with E-state index in [4.69, 9.17) is 5.73 Å². The summed E-state index contributed by atoms with van der Waals surface area (Å²) in [5.74, 6) is -0.229. The van der Waals surface area contributed by atoms with Crippen LogP contribution < -0.4 is 11.1 Å². The van der Waals surface area contributed by atoms with Crippen LogP contribution in [0.4, 0.5) is 0 Å². The van der Waals surface area contributed by atoms with Crippen LogP contribution >= 0.6 is 12.4 Å². The Kier molecular flexibility index (Phi) is 10.5. The number of rotatable bonds is 10. The first-order chi connectivity index (χ1) is 11.3. The molecule has 0 aliphatic heterocycles. The number of benzene rings is 1. The number of nitrogens with one attached hydrogen (secondary N) is 1. The molecule has 0 aliphatic rings. The van der Waals surface area contributed by atoms with Gasteiger partial charge in [-0.1, -0.05) is 12.1 Å². The Labute approximate surface area is 155 Å². The van der Waals surface area contributed by atoms with Crippen LogP contribution in [0.2, 0.25) is 0 Å². The maximum absolute atomic E-state index is 12.4. The van der Waals surface area contributed by atoms with Crippen molar-refractivity contribution in [3.8, 4) is 0 Å². The van der Waals surface area contributed by atoms with Crippen LogP contribution in [-0.2, 0) is 14.8 Å². The van der Waals surface area contributed by atoms with Crippen molar-refractivity contribution in [3.63, 3.8) is 0 Å². The van der Waals surface area contributed by atoms with Crippen molar-refractivity contribution in [1.82, 2.24) is 9.62 Å². The molecule has 3 N–H and O–H groups in total. The Hall–Kier alpha value is -1.48. The summed E-state index contributed by atoms with van der Waals surface area (Å²) >= 11 is 0. The van der Waals surface area contributed by atoms with Gasteiger partial charge in [-0.15, -0.1) is 12.4 Å². The van der Waals surface area contributed by atoms with Crippen molar-refractivity contribution >= 4 is 34.1 Å². The summed E-state index contributed by atoms with van der Waals surface area (Å²) in [7, 11) is -2.15. The smallest absolute Gasteiger partial charge is 0.242 e. The zero-order valence-corrected chi connectivity index (χ0v) is 16.2. The van der Waals surface area contributed by atoms with Crippen LogP contribution in [0, 0.1) is 0 Å². The van der Waals surface area contributed by atoms with Gasteiger partial charge in [0.2, 0.25) is 15.9 Å². The molecule has 0 saturated carbocycles. The monoisotopic (exact) mass is 391 g/mol. The first-order valence-corrected chi connectivity index (χ1v) is 9.27. The highest BCUT2D eigenvalue weighted by Gasteiger charge is 2.20. The molecule has 0 saturated heterocycles. The maximum atomic E-state index is 12.4. The number of nitrogens with two attached hydrogens (primary N) is 1. The third kappa shape index (κ3) is 7.52. The molecule has 9 heteroatoms. The van der Waals surface area contributed by atoms with Gasteiger partial charge < -0.3 is 11.1 Å². The van der Waals surface area contributed by atoms with E-state index in [1.54, 1.807) is 0 Å². The highest BCUT2D eigenvalue weighted by molar-refractivity contribution is 7.89. The fourth-order valence-electron chi connectivity index (χ4n) is 2.04. The molecule has 0 fully saturated rings. The minimum atomic E-state index is -3.63. The predicted molar refractivity (Wildman–Crippen MR) is 99.4 cm³/mol. The number of carbonyl (C=O) groups excluding carboxylic acids is 2. The molecule has 0 radical (unpaired) electrons. The molecule has 0 spiro atoms. The Morgan fingerprint density at radius 3 is 2.28 bits per heavy atom. The molecule has 1 rings (SSSR count). The Morgan fingerprint density at radius 2 is 1.76 bits per heavy atom. The second-order valence-corrected chi connectivity index (χ2v) is 7.55. The lowest BCUT2D eigenvalue weighted by molar-refractivity contribution is -0.121. The van der Waals surface area contributed by atoms with Gasteiger partial charge in [0.25, 0.3) is 0 Å². The van der Waals surface area contributed by atoms with Crippen LogP contribution in [0.5, 0.6) is 0 Å². The fourth-order valence-corrected chi connectivity index (χ4v) is 3.25. The second-order valence-electron chi connectivity index (χ2n) is 5.50. The van der Waals surface area contributed by atoms with Gasteiger partial charge in [-0.05, 0) is 38.4 Å². The SMILES string of the molecule is CC(=O)c1ccc(S(=O)(=O)N(C)CCCC(=O)NCCCN)cc1.Cl. The quantitative estimate of drug-likeness (QED) is 0.459. The number of halogens is 1. The van der Waals surface area contributed by atoms with Gasteiger partial charge in [0, 0.05) is 32.1 Å². The third-order valence-electron chi connectivity index (χ3n) is 3.55. The summed E-state index contributed by atoms with van der Waals surface area (Å²) < 4.78 is 26.1. The Morgan fingerprint density at radius 1 is 1.16 bits per heavy atom. The first kappa shape index (κ1) is 23.5. The number of amides is 1. The molecule has 0 unspecified atom stereocenters. The lowest BCUT2D eigenvalue weighted by Crippen LogP contribution is -2.30. The van der Waals surface area contributed by atoms with Crippen molar-refractivity contribution in [3.05, 3.63) is 29.8 Å². The van der Waals surface area contributed by atoms with Crippen molar-refractivity contribution in [2.75, 3.05) is 26.7 Å². The largest absolute Gasteiger partial charge is 0.356 e. The molecular weight excluding hydrogens is 366 g/mol. The van der Waals surface area contributed by atoms with E-state index in [1.807, 2.05) is 0 Å². The van der Waals surface area contributed by atoms with Crippen molar-refractivity contribution in [1.29, 1.82) is 0 Å². The van der Waals surface area contributed by atoms with E-state index in [2.05, 4.69) is 5.32 Å². The molecule has 1 aromatic rings. The van der Waals surface area contributed by atoms with E-state index in [1.165, 1.54) is 42.5 Å². The van der Waals surface area contributed by atoms with Gasteiger partial charge in [0.15, 0.2) is 5.78 Å².